The summed E-state index contributed by atoms with van der Waals surface area (Å²) in [5, 5.41) is 25.6. The monoisotopic (exact) mass is 899 g/mol. The van der Waals surface area contributed by atoms with Crippen LogP contribution in [0.5, 0.6) is 0 Å². The zero-order chi connectivity index (χ0) is 45.6. The van der Waals surface area contributed by atoms with Crippen LogP contribution < -0.4 is 10.6 Å². The van der Waals surface area contributed by atoms with E-state index in [1.54, 1.807) is 18.2 Å². The Hall–Kier alpha value is -5.79. The maximum atomic E-state index is 14.0. The average Bonchev–Trinajstić information content (AvgIpc) is 4.04. The van der Waals surface area contributed by atoms with Crippen LogP contribution in [0.3, 0.4) is 0 Å². The van der Waals surface area contributed by atoms with Gasteiger partial charge in [0.25, 0.3) is 11.8 Å². The van der Waals surface area contributed by atoms with Crippen molar-refractivity contribution in [2.75, 3.05) is 23.7 Å². The number of carbonyl (C=O) groups is 4. The van der Waals surface area contributed by atoms with Crippen LogP contribution in [-0.4, -0.2) is 71.1 Å². The van der Waals surface area contributed by atoms with Gasteiger partial charge in [0.05, 0.1) is 33.1 Å². The predicted molar refractivity (Wildman–Crippen MR) is 250 cm³/mol. The lowest BCUT2D eigenvalue weighted by Crippen LogP contribution is -2.32. The molecule has 5 aromatic rings. The van der Waals surface area contributed by atoms with Crippen LogP contribution in [0.2, 0.25) is 5.02 Å². The summed E-state index contributed by atoms with van der Waals surface area (Å²) >= 11 is 7.07. The minimum absolute atomic E-state index is 0.208. The molecule has 9 rings (SSSR count). The summed E-state index contributed by atoms with van der Waals surface area (Å²) in [5.74, 6) is -0.915. The van der Waals surface area contributed by atoms with Gasteiger partial charge in [-0.1, -0.05) is 54.4 Å². The van der Waals surface area contributed by atoms with Gasteiger partial charge in [0.2, 0.25) is 0 Å². The number of aromatic nitrogens is 4. The van der Waals surface area contributed by atoms with Crippen LogP contribution in [0.25, 0.3) is 11.1 Å². The summed E-state index contributed by atoms with van der Waals surface area (Å²) in [7, 11) is 3.80. The van der Waals surface area contributed by atoms with Crippen molar-refractivity contribution < 1.29 is 29.4 Å². The molecule has 13 nitrogen and oxygen atoms in total. The Labute approximate surface area is 384 Å². The van der Waals surface area contributed by atoms with E-state index in [1.807, 2.05) is 72.6 Å². The van der Waals surface area contributed by atoms with Crippen LogP contribution in [-0.2, 0) is 51.1 Å². The second kappa shape index (κ2) is 17.9. The van der Waals surface area contributed by atoms with E-state index in [9.17, 15) is 29.4 Å². The first-order valence-corrected chi connectivity index (χ1v) is 23.5. The van der Waals surface area contributed by atoms with Gasteiger partial charge in [-0.2, -0.15) is 0 Å². The van der Waals surface area contributed by atoms with Gasteiger partial charge in [-0.15, -0.1) is 0 Å². The maximum Gasteiger partial charge on any atom is 0.335 e. The van der Waals surface area contributed by atoms with Gasteiger partial charge >= 0.3 is 11.9 Å². The van der Waals surface area contributed by atoms with Gasteiger partial charge < -0.3 is 30.0 Å². The molecular formula is C51H58ClN7O6. The molecule has 14 heteroatoms. The number of halogens is 1. The first-order valence-electron chi connectivity index (χ1n) is 23.1. The number of carbonyl (C=O) groups excluding carboxylic acids is 2. The number of amides is 2. The molecule has 3 aliphatic carbocycles. The fourth-order valence-corrected chi connectivity index (χ4v) is 11.7. The first kappa shape index (κ1) is 44.4. The number of carboxylic acid groups (broad SMARTS) is 2. The van der Waals surface area contributed by atoms with Crippen LogP contribution in [0, 0.1) is 23.7 Å². The number of hydrogen-bond acceptors (Lipinski definition) is 7. The molecule has 0 radical (unpaired) electrons. The van der Waals surface area contributed by atoms with E-state index >= 15 is 0 Å². The Morgan fingerprint density at radius 3 is 2.11 bits per heavy atom. The topological polar surface area (TPSA) is 172 Å². The molecule has 1 aliphatic heterocycles. The summed E-state index contributed by atoms with van der Waals surface area (Å²) in [4.78, 5) is 63.0. The molecule has 4 N–H and O–H groups in total. The van der Waals surface area contributed by atoms with Gasteiger partial charge in [-0.05, 0) is 136 Å². The molecule has 3 heterocycles. The van der Waals surface area contributed by atoms with E-state index in [0.29, 0.717) is 46.1 Å². The van der Waals surface area contributed by atoms with Gasteiger partial charge in [0.15, 0.2) is 11.6 Å². The molecule has 4 aliphatic rings. The summed E-state index contributed by atoms with van der Waals surface area (Å²) in [6.45, 7) is 4.15. The minimum Gasteiger partial charge on any atom is -0.481 e. The smallest absolute Gasteiger partial charge is 0.335 e. The van der Waals surface area contributed by atoms with Crippen molar-refractivity contribution in [2.24, 2.45) is 30.8 Å². The normalized spacial score (nSPS) is 21.6. The molecule has 3 aromatic carbocycles. The second-order valence-electron chi connectivity index (χ2n) is 19.2. The van der Waals surface area contributed by atoms with Crippen molar-refractivity contribution in [1.82, 2.24) is 24.0 Å². The second-order valence-corrected chi connectivity index (χ2v) is 19.6. The molecule has 2 fully saturated rings. The van der Waals surface area contributed by atoms with Crippen LogP contribution in [0.15, 0.2) is 60.7 Å². The fraction of sp³-hybridized carbons (Fsp3) is 0.451. The maximum absolute atomic E-state index is 14.0. The number of benzene rings is 3. The number of nitrogens with zero attached hydrogens (tertiary/aromatic N) is 5. The Morgan fingerprint density at radius 2 is 1.43 bits per heavy atom. The van der Waals surface area contributed by atoms with E-state index in [2.05, 4.69) is 15.5 Å². The van der Waals surface area contributed by atoms with Gasteiger partial charge in [-0.25, -0.2) is 14.8 Å². The van der Waals surface area contributed by atoms with E-state index in [-0.39, 0.29) is 22.8 Å². The summed E-state index contributed by atoms with van der Waals surface area (Å²) in [6.07, 6.45) is 13.2. The Bertz CT molecular complexity index is 2680. The fourth-order valence-electron chi connectivity index (χ4n) is 11.4. The molecule has 2 bridgehead atoms. The summed E-state index contributed by atoms with van der Waals surface area (Å²) in [6, 6.07) is 18.2. The van der Waals surface area contributed by atoms with Crippen molar-refractivity contribution in [3.05, 3.63) is 117 Å². The van der Waals surface area contributed by atoms with Gasteiger partial charge in [0.1, 0.15) is 0 Å². The van der Waals surface area contributed by atoms with Crippen molar-refractivity contribution >= 4 is 46.7 Å². The minimum atomic E-state index is -0.939. The lowest BCUT2D eigenvalue weighted by Gasteiger charge is -2.29. The molecule has 2 aromatic heterocycles. The number of imidazole rings is 2. The number of carboxylic acids is 2. The zero-order valence-electron chi connectivity index (χ0n) is 37.5. The van der Waals surface area contributed by atoms with Crippen molar-refractivity contribution in [1.29, 1.82) is 0 Å². The number of rotatable bonds is 13. The van der Waals surface area contributed by atoms with Crippen molar-refractivity contribution in [3.63, 3.8) is 0 Å². The molecule has 340 valence electrons. The molecule has 1 unspecified atom stereocenters. The molecule has 2 saturated carbocycles. The van der Waals surface area contributed by atoms with Crippen LogP contribution in [0.4, 0.5) is 11.4 Å². The number of anilines is 2. The number of nitrogens with one attached hydrogen (secondary N) is 2. The molecule has 2 amide bonds. The van der Waals surface area contributed by atoms with Gasteiger partial charge in [0, 0.05) is 62.8 Å². The Balaban J connectivity index is 0.832. The SMILES string of the molecule is Cc1c(NC(=O)c2nc3c(n2C)CCC(CCC24CCC(C(=O)O)(CC2)C4)CCC3)cccc1-c1cccc(NC(=O)c2nc3c(n2C)CCN(CCc2ccc(C(=O)O)cc2)C3)c1Cl. The standard InChI is InChI=1S/C51H58ClN7O6/c1-31-35(36-9-6-12-39(43(36)52)56-47(61)45-54-40-29-59(28-21-42(40)58(45)3)27-20-33-13-16-34(17-14-33)48(62)63)8-5-10-37(31)55-46(60)44-53-38-11-4-7-32(15-18-41(38)57(44)2)19-22-50-23-25-51(30-50,26-24-50)49(64)65/h5-6,8-10,12-14,16-17,32H,4,7,11,15,18-30H2,1-3H3,(H,55,60)(H,56,61)(H,62,63)(H,64,65). The Morgan fingerprint density at radius 1 is 0.785 bits per heavy atom. The highest BCUT2D eigenvalue weighted by Gasteiger charge is 2.57. The highest BCUT2D eigenvalue weighted by Crippen LogP contribution is 2.63. The number of aliphatic carboxylic acids is 1. The number of hydrogen-bond donors (Lipinski definition) is 4. The Kier molecular flexibility index (Phi) is 12.2. The number of fused-ring (bicyclic) bond motifs is 4. The largest absolute Gasteiger partial charge is 0.481 e. The molecule has 65 heavy (non-hydrogen) atoms. The average molecular weight is 901 g/mol. The van der Waals surface area contributed by atoms with E-state index in [4.69, 9.17) is 21.6 Å². The third-order valence-electron chi connectivity index (χ3n) is 15.4. The third-order valence-corrected chi connectivity index (χ3v) is 15.8. The molecule has 1 atom stereocenters. The highest BCUT2D eigenvalue weighted by molar-refractivity contribution is 6.36. The van der Waals surface area contributed by atoms with Crippen molar-refractivity contribution in [2.45, 2.75) is 103 Å². The van der Waals surface area contributed by atoms with Crippen molar-refractivity contribution in [3.8, 4) is 11.1 Å². The van der Waals surface area contributed by atoms with E-state index < -0.39 is 17.4 Å². The quantitative estimate of drug-likeness (QED) is 0.0899. The van der Waals surface area contributed by atoms with Crippen LogP contribution >= 0.6 is 11.6 Å². The summed E-state index contributed by atoms with van der Waals surface area (Å²) in [5.41, 5.74) is 8.50. The predicted octanol–water partition coefficient (Wildman–Crippen LogP) is 9.29. The molecular weight excluding hydrogens is 842 g/mol. The zero-order valence-corrected chi connectivity index (χ0v) is 38.3. The van der Waals surface area contributed by atoms with E-state index in [0.717, 1.165) is 142 Å². The highest BCUT2D eigenvalue weighted by atomic mass is 35.5. The molecule has 0 saturated heterocycles. The number of aromatic carboxylic acids is 1. The summed E-state index contributed by atoms with van der Waals surface area (Å²) < 4.78 is 3.82. The lowest BCUT2D eigenvalue weighted by molar-refractivity contribution is -0.148. The first-order chi connectivity index (χ1) is 31.2. The lowest BCUT2D eigenvalue weighted by atomic mass is 9.76. The van der Waals surface area contributed by atoms with E-state index in [1.165, 1.54) is 0 Å². The van der Waals surface area contributed by atoms with Gasteiger partial charge in [-0.3, -0.25) is 19.3 Å². The molecule has 0 spiro atoms. The third kappa shape index (κ3) is 8.72. The number of aryl methyl sites for hydroxylation is 1. The van der Waals surface area contributed by atoms with Crippen LogP contribution in [0.1, 0.15) is 130 Å².